The van der Waals surface area contributed by atoms with Crippen LogP contribution in [0, 0.1) is 5.82 Å². The summed E-state index contributed by atoms with van der Waals surface area (Å²) < 4.78 is 17.6. The highest BCUT2D eigenvalue weighted by atomic mass is 19.1. The maximum Gasteiger partial charge on any atom is 0.182 e. The van der Waals surface area contributed by atoms with E-state index in [9.17, 15) is 9.50 Å². The van der Waals surface area contributed by atoms with Gasteiger partial charge in [0.15, 0.2) is 23.1 Å². The molecule has 4 aromatic heterocycles. The van der Waals surface area contributed by atoms with Crippen LogP contribution in [0.1, 0.15) is 44.3 Å². The first-order chi connectivity index (χ1) is 13.9. The highest BCUT2D eigenvalue weighted by Gasteiger charge is 2.24. The molecule has 4 aromatic rings. The van der Waals surface area contributed by atoms with Gasteiger partial charge in [0.05, 0.1) is 12.2 Å². The van der Waals surface area contributed by atoms with Crippen molar-refractivity contribution in [3.63, 3.8) is 0 Å². The maximum atomic E-state index is 14.2. The van der Waals surface area contributed by atoms with Gasteiger partial charge in [0.25, 0.3) is 0 Å². The van der Waals surface area contributed by atoms with Gasteiger partial charge < -0.3 is 9.67 Å². The molecule has 0 radical (unpaired) electrons. The number of aliphatic hydroxyl groups is 1. The predicted molar refractivity (Wildman–Crippen MR) is 105 cm³/mol. The largest absolute Gasteiger partial charge is 0.382 e. The minimum atomic E-state index is -1.15. The van der Waals surface area contributed by atoms with Crippen LogP contribution in [-0.4, -0.2) is 39.2 Å². The first kappa shape index (κ1) is 19.1. The van der Waals surface area contributed by atoms with Crippen LogP contribution in [-0.2, 0) is 18.6 Å². The molecule has 0 atom stereocenters. The summed E-state index contributed by atoms with van der Waals surface area (Å²) in [7, 11) is 0. The van der Waals surface area contributed by atoms with Crippen LogP contribution in [0.15, 0.2) is 37.1 Å². The van der Waals surface area contributed by atoms with Gasteiger partial charge in [0.2, 0.25) is 0 Å². The van der Waals surface area contributed by atoms with E-state index in [1.54, 1.807) is 49.3 Å². The topological polar surface area (TPSA) is 94.0 Å². The highest BCUT2D eigenvalue weighted by Crippen LogP contribution is 2.23. The number of hydrogen-bond donors (Lipinski definition) is 1. The lowest BCUT2D eigenvalue weighted by atomic mass is 10.1. The van der Waals surface area contributed by atoms with Crippen molar-refractivity contribution in [3.8, 4) is 11.5 Å². The summed E-state index contributed by atoms with van der Waals surface area (Å²) in [5, 5.41) is 14.6. The normalized spacial score (nSPS) is 12.0. The van der Waals surface area contributed by atoms with Crippen molar-refractivity contribution >= 4 is 5.65 Å². The van der Waals surface area contributed by atoms with Gasteiger partial charge in [0.1, 0.15) is 17.6 Å². The number of hydrogen-bond acceptors (Lipinski definition) is 6. The van der Waals surface area contributed by atoms with E-state index >= 15 is 0 Å². The third-order valence-corrected chi connectivity index (χ3v) is 4.63. The molecule has 29 heavy (non-hydrogen) atoms. The molecule has 0 aliphatic heterocycles. The van der Waals surface area contributed by atoms with Gasteiger partial charge in [-0.2, -0.15) is 0 Å². The molecule has 0 saturated heterocycles. The number of aryl methyl sites for hydroxylation is 1. The summed E-state index contributed by atoms with van der Waals surface area (Å²) in [4.78, 5) is 17.5. The average molecular weight is 395 g/mol. The highest BCUT2D eigenvalue weighted by molar-refractivity contribution is 5.52. The lowest BCUT2D eigenvalue weighted by molar-refractivity contribution is 0.0690. The van der Waals surface area contributed by atoms with E-state index in [4.69, 9.17) is 0 Å². The Morgan fingerprint density at radius 2 is 2.00 bits per heavy atom. The van der Waals surface area contributed by atoms with Crippen molar-refractivity contribution in [1.29, 1.82) is 0 Å². The Hall–Kier alpha value is -3.20. The Balaban J connectivity index is 1.79. The zero-order chi connectivity index (χ0) is 20.6. The minimum Gasteiger partial charge on any atom is -0.382 e. The molecule has 0 saturated carbocycles. The molecule has 4 heterocycles. The lowest BCUT2D eigenvalue weighted by Gasteiger charge is -2.12. The van der Waals surface area contributed by atoms with E-state index in [0.717, 1.165) is 24.1 Å². The van der Waals surface area contributed by atoms with Crippen LogP contribution in [0.4, 0.5) is 4.39 Å². The van der Waals surface area contributed by atoms with Gasteiger partial charge in [-0.1, -0.05) is 13.3 Å². The Kier molecular flexibility index (Phi) is 4.83. The van der Waals surface area contributed by atoms with E-state index in [1.807, 2.05) is 4.57 Å². The van der Waals surface area contributed by atoms with Crippen LogP contribution in [0.5, 0.6) is 0 Å². The second-order valence-electron chi connectivity index (χ2n) is 7.40. The predicted octanol–water partition coefficient (Wildman–Crippen LogP) is 2.75. The zero-order valence-electron chi connectivity index (χ0n) is 16.5. The van der Waals surface area contributed by atoms with Crippen LogP contribution < -0.4 is 0 Å². The fourth-order valence-electron chi connectivity index (χ4n) is 3.21. The molecular formula is C20H22FN7O. The zero-order valence-corrected chi connectivity index (χ0v) is 16.5. The Labute approximate surface area is 167 Å². The molecule has 0 bridgehead atoms. The Morgan fingerprint density at radius 3 is 2.72 bits per heavy atom. The third-order valence-electron chi connectivity index (χ3n) is 4.63. The molecule has 0 aliphatic carbocycles. The standard InChI is InChI=1S/C20H22FN7O/c1-4-6-13-15(24-12-28-17(13)25-19(26-28)20(2,3)29)11-27-10-9-23-18(27)16-14(21)7-5-8-22-16/h5,7-10,12,29H,4,6,11H2,1-3H3. The molecule has 0 aromatic carbocycles. The van der Waals surface area contributed by atoms with Gasteiger partial charge in [-0.25, -0.2) is 28.8 Å². The smallest absolute Gasteiger partial charge is 0.182 e. The van der Waals surface area contributed by atoms with E-state index < -0.39 is 11.4 Å². The molecule has 0 fully saturated rings. The first-order valence-corrected chi connectivity index (χ1v) is 9.46. The van der Waals surface area contributed by atoms with Crippen LogP contribution in [0.3, 0.4) is 0 Å². The van der Waals surface area contributed by atoms with E-state index in [0.29, 0.717) is 23.8 Å². The number of rotatable bonds is 6. The first-order valence-electron chi connectivity index (χ1n) is 9.46. The summed E-state index contributed by atoms with van der Waals surface area (Å²) in [6, 6.07) is 2.91. The molecule has 0 amide bonds. The Morgan fingerprint density at radius 1 is 1.17 bits per heavy atom. The fourth-order valence-corrected chi connectivity index (χ4v) is 3.21. The minimum absolute atomic E-state index is 0.197. The molecule has 0 unspecified atom stereocenters. The van der Waals surface area contributed by atoms with Gasteiger partial charge in [-0.15, -0.1) is 5.10 Å². The van der Waals surface area contributed by atoms with Crippen LogP contribution in [0.25, 0.3) is 17.2 Å². The van der Waals surface area contributed by atoms with E-state index in [2.05, 4.69) is 32.0 Å². The SMILES string of the molecule is CCCc1c(Cn2ccnc2-c2ncccc2F)ncn2nc(C(C)(C)O)nc12. The van der Waals surface area contributed by atoms with Gasteiger partial charge in [-0.3, -0.25) is 0 Å². The molecule has 8 nitrogen and oxygen atoms in total. The summed E-state index contributed by atoms with van der Waals surface area (Å²) in [6.45, 7) is 5.76. The van der Waals surface area contributed by atoms with Crippen LogP contribution in [0.2, 0.25) is 0 Å². The second kappa shape index (κ2) is 7.32. The number of imidazole rings is 1. The average Bonchev–Trinajstić information content (AvgIpc) is 3.31. The van der Waals surface area contributed by atoms with Crippen LogP contribution >= 0.6 is 0 Å². The second-order valence-corrected chi connectivity index (χ2v) is 7.40. The molecular weight excluding hydrogens is 373 g/mol. The van der Waals surface area contributed by atoms with Gasteiger partial charge >= 0.3 is 0 Å². The summed E-state index contributed by atoms with van der Waals surface area (Å²) >= 11 is 0. The van der Waals surface area contributed by atoms with Crippen molar-refractivity contribution in [2.24, 2.45) is 0 Å². The van der Waals surface area contributed by atoms with Crippen molar-refractivity contribution in [2.45, 2.75) is 45.8 Å². The summed E-state index contributed by atoms with van der Waals surface area (Å²) in [5.41, 5.74) is 1.45. The van der Waals surface area contributed by atoms with Crippen molar-refractivity contribution < 1.29 is 9.50 Å². The van der Waals surface area contributed by atoms with Crippen molar-refractivity contribution in [2.75, 3.05) is 0 Å². The molecule has 0 spiro atoms. The monoisotopic (exact) mass is 395 g/mol. The summed E-state index contributed by atoms with van der Waals surface area (Å²) in [6.07, 6.45) is 8.16. The third kappa shape index (κ3) is 3.61. The molecule has 4 rings (SSSR count). The molecule has 9 heteroatoms. The molecule has 150 valence electrons. The lowest BCUT2D eigenvalue weighted by Crippen LogP contribution is -2.17. The van der Waals surface area contributed by atoms with Gasteiger partial charge in [0, 0.05) is 24.2 Å². The van der Waals surface area contributed by atoms with E-state index in [1.165, 1.54) is 6.07 Å². The fraction of sp³-hybridized carbons (Fsp3) is 0.350. The number of fused-ring (bicyclic) bond motifs is 1. The summed E-state index contributed by atoms with van der Waals surface area (Å²) in [5.74, 6) is 0.350. The molecule has 0 aliphatic rings. The Bertz CT molecular complexity index is 1160. The van der Waals surface area contributed by atoms with Crippen molar-refractivity contribution in [3.05, 3.63) is 59.9 Å². The van der Waals surface area contributed by atoms with E-state index in [-0.39, 0.29) is 5.69 Å². The molecule has 1 N–H and O–H groups in total. The number of pyridine rings is 1. The number of nitrogens with zero attached hydrogens (tertiary/aromatic N) is 7. The quantitative estimate of drug-likeness (QED) is 0.540. The number of aromatic nitrogens is 7. The van der Waals surface area contributed by atoms with Crippen molar-refractivity contribution in [1.82, 2.24) is 34.1 Å². The van der Waals surface area contributed by atoms with Gasteiger partial charge in [-0.05, 0) is 32.4 Å². The number of halogens is 1. The maximum absolute atomic E-state index is 14.2.